The summed E-state index contributed by atoms with van der Waals surface area (Å²) in [5.74, 6) is 1.55. The Balaban J connectivity index is 2.13. The molecule has 1 aromatic rings. The molecular formula is C16H30N2S. The lowest BCUT2D eigenvalue weighted by molar-refractivity contribution is 0.331. The second-order valence-corrected chi connectivity index (χ2v) is 6.87. The van der Waals surface area contributed by atoms with Crippen LogP contribution in [0.5, 0.6) is 0 Å². The molecule has 0 aliphatic rings. The van der Waals surface area contributed by atoms with Crippen LogP contribution < -0.4 is 11.1 Å². The molecule has 0 bridgehead atoms. The van der Waals surface area contributed by atoms with Crippen LogP contribution in [0.1, 0.15) is 49.8 Å². The van der Waals surface area contributed by atoms with Crippen molar-refractivity contribution < 1.29 is 0 Å². The van der Waals surface area contributed by atoms with Gasteiger partial charge in [-0.2, -0.15) is 0 Å². The third-order valence-corrected chi connectivity index (χ3v) is 5.00. The van der Waals surface area contributed by atoms with E-state index in [2.05, 4.69) is 38.2 Å². The van der Waals surface area contributed by atoms with E-state index >= 15 is 0 Å². The molecular weight excluding hydrogens is 252 g/mol. The zero-order chi connectivity index (χ0) is 14.1. The van der Waals surface area contributed by atoms with E-state index in [0.29, 0.717) is 0 Å². The molecule has 1 aromatic heterocycles. The van der Waals surface area contributed by atoms with Gasteiger partial charge in [0, 0.05) is 16.3 Å². The van der Waals surface area contributed by atoms with E-state index in [1.165, 1.54) is 29.0 Å². The lowest BCUT2D eigenvalue weighted by Gasteiger charge is -2.19. The zero-order valence-electron chi connectivity index (χ0n) is 12.7. The van der Waals surface area contributed by atoms with Crippen molar-refractivity contribution in [3.63, 3.8) is 0 Å². The van der Waals surface area contributed by atoms with Gasteiger partial charge in [0.15, 0.2) is 0 Å². The van der Waals surface area contributed by atoms with Gasteiger partial charge in [-0.25, -0.2) is 0 Å². The first-order chi connectivity index (χ1) is 9.17. The Bertz CT molecular complexity index is 333. The van der Waals surface area contributed by atoms with Crippen LogP contribution in [0.25, 0.3) is 0 Å². The van der Waals surface area contributed by atoms with E-state index < -0.39 is 0 Å². The lowest BCUT2D eigenvalue weighted by atomic mass is 9.88. The van der Waals surface area contributed by atoms with Gasteiger partial charge in [-0.1, -0.05) is 20.8 Å². The van der Waals surface area contributed by atoms with Crippen molar-refractivity contribution in [1.82, 2.24) is 5.32 Å². The maximum Gasteiger partial charge on any atom is 0.0299 e. The minimum Gasteiger partial charge on any atom is -0.330 e. The Hall–Kier alpha value is -0.380. The first kappa shape index (κ1) is 16.7. The molecule has 2 nitrogen and oxygen atoms in total. The van der Waals surface area contributed by atoms with Gasteiger partial charge in [0.2, 0.25) is 0 Å². The summed E-state index contributed by atoms with van der Waals surface area (Å²) in [6, 6.07) is 4.50. The second kappa shape index (κ2) is 9.51. The van der Waals surface area contributed by atoms with Crippen molar-refractivity contribution in [2.75, 3.05) is 13.1 Å². The summed E-state index contributed by atoms with van der Waals surface area (Å²) in [4.78, 5) is 2.94. The molecule has 3 heteroatoms. The molecule has 19 heavy (non-hydrogen) atoms. The fraction of sp³-hybridized carbons (Fsp3) is 0.750. The van der Waals surface area contributed by atoms with E-state index in [1.807, 2.05) is 11.3 Å². The Morgan fingerprint density at radius 2 is 1.95 bits per heavy atom. The number of thiophene rings is 1. The van der Waals surface area contributed by atoms with E-state index in [1.54, 1.807) is 0 Å². The monoisotopic (exact) mass is 282 g/mol. The third-order valence-electron chi connectivity index (χ3n) is 3.77. The third kappa shape index (κ3) is 6.55. The largest absolute Gasteiger partial charge is 0.330 e. The van der Waals surface area contributed by atoms with Crippen LogP contribution in [0.15, 0.2) is 12.1 Å². The molecule has 0 aliphatic heterocycles. The predicted octanol–water partition coefficient (Wildman–Crippen LogP) is 3.80. The predicted molar refractivity (Wildman–Crippen MR) is 86.6 cm³/mol. The smallest absolute Gasteiger partial charge is 0.0299 e. The van der Waals surface area contributed by atoms with Crippen LogP contribution >= 0.6 is 11.3 Å². The average molecular weight is 282 g/mol. The molecule has 1 atom stereocenters. The van der Waals surface area contributed by atoms with Crippen molar-refractivity contribution in [3.8, 4) is 0 Å². The molecule has 0 fully saturated rings. The highest BCUT2D eigenvalue weighted by atomic mass is 32.1. The summed E-state index contributed by atoms with van der Waals surface area (Å²) in [5, 5.41) is 3.55. The van der Waals surface area contributed by atoms with Gasteiger partial charge in [0.25, 0.3) is 0 Å². The van der Waals surface area contributed by atoms with Crippen molar-refractivity contribution >= 4 is 11.3 Å². The lowest BCUT2D eigenvalue weighted by Crippen LogP contribution is -2.18. The normalized spacial score (nSPS) is 13.1. The van der Waals surface area contributed by atoms with Gasteiger partial charge in [0.05, 0.1) is 0 Å². The van der Waals surface area contributed by atoms with Gasteiger partial charge < -0.3 is 11.1 Å². The molecule has 0 amide bonds. The van der Waals surface area contributed by atoms with Gasteiger partial charge in [-0.15, -0.1) is 11.3 Å². The van der Waals surface area contributed by atoms with E-state index in [-0.39, 0.29) is 0 Å². The molecule has 1 unspecified atom stereocenters. The first-order valence-corrected chi connectivity index (χ1v) is 8.47. The Labute approximate surface area is 122 Å². The van der Waals surface area contributed by atoms with Crippen molar-refractivity contribution in [3.05, 3.63) is 21.9 Å². The number of aryl methyl sites for hydroxylation is 1. The summed E-state index contributed by atoms with van der Waals surface area (Å²) >= 11 is 1.93. The van der Waals surface area contributed by atoms with Gasteiger partial charge in [-0.05, 0) is 62.7 Å². The molecule has 110 valence electrons. The van der Waals surface area contributed by atoms with Crippen LogP contribution in [0, 0.1) is 11.8 Å². The molecule has 1 rings (SSSR count). The molecule has 1 heterocycles. The van der Waals surface area contributed by atoms with E-state index in [9.17, 15) is 0 Å². The van der Waals surface area contributed by atoms with E-state index in [4.69, 9.17) is 5.73 Å². The average Bonchev–Trinajstić information content (AvgIpc) is 2.84. The molecule has 0 spiro atoms. The first-order valence-electron chi connectivity index (χ1n) is 7.65. The summed E-state index contributed by atoms with van der Waals surface area (Å²) < 4.78 is 0. The van der Waals surface area contributed by atoms with Gasteiger partial charge >= 0.3 is 0 Å². The zero-order valence-corrected chi connectivity index (χ0v) is 13.6. The second-order valence-electron chi connectivity index (χ2n) is 5.62. The van der Waals surface area contributed by atoms with Crippen LogP contribution in [-0.2, 0) is 13.0 Å². The maximum atomic E-state index is 5.67. The van der Waals surface area contributed by atoms with Crippen LogP contribution in [-0.4, -0.2) is 13.1 Å². The number of rotatable bonds is 10. The minimum absolute atomic E-state index is 0.757. The topological polar surface area (TPSA) is 38.0 Å². The molecule has 0 aromatic carbocycles. The maximum absolute atomic E-state index is 5.67. The highest BCUT2D eigenvalue weighted by molar-refractivity contribution is 7.11. The minimum atomic E-state index is 0.757. The summed E-state index contributed by atoms with van der Waals surface area (Å²) in [7, 11) is 0. The van der Waals surface area contributed by atoms with Crippen molar-refractivity contribution in [2.24, 2.45) is 17.6 Å². The Morgan fingerprint density at radius 3 is 2.53 bits per heavy atom. The van der Waals surface area contributed by atoms with Crippen LogP contribution in [0.2, 0.25) is 0 Å². The number of nitrogens with one attached hydrogen (secondary N) is 1. The highest BCUT2D eigenvalue weighted by Gasteiger charge is 2.11. The Kier molecular flexibility index (Phi) is 8.35. The SMILES string of the molecule is CCc1ccc(CNCCCC(CCN)C(C)C)s1. The molecule has 0 aliphatic carbocycles. The van der Waals surface area contributed by atoms with E-state index in [0.717, 1.165) is 37.9 Å². The van der Waals surface area contributed by atoms with Crippen molar-refractivity contribution in [2.45, 2.75) is 53.0 Å². The summed E-state index contributed by atoms with van der Waals surface area (Å²) in [5.41, 5.74) is 5.67. The molecule has 0 radical (unpaired) electrons. The molecule has 3 N–H and O–H groups in total. The van der Waals surface area contributed by atoms with Crippen LogP contribution in [0.4, 0.5) is 0 Å². The number of hydrogen-bond acceptors (Lipinski definition) is 3. The molecule has 0 saturated heterocycles. The summed E-state index contributed by atoms with van der Waals surface area (Å²) in [6.45, 7) is 9.80. The summed E-state index contributed by atoms with van der Waals surface area (Å²) in [6.07, 6.45) is 4.88. The fourth-order valence-electron chi connectivity index (χ4n) is 2.43. The van der Waals surface area contributed by atoms with Crippen LogP contribution in [0.3, 0.4) is 0 Å². The highest BCUT2D eigenvalue weighted by Crippen LogP contribution is 2.20. The quantitative estimate of drug-likeness (QED) is 0.641. The number of hydrogen-bond donors (Lipinski definition) is 2. The van der Waals surface area contributed by atoms with Gasteiger partial charge in [0.1, 0.15) is 0 Å². The standard InChI is InChI=1S/C16H30N2S/c1-4-15-7-8-16(19-15)12-18-11-5-6-14(9-10-17)13(2)3/h7-8,13-14,18H,4-6,9-12,17H2,1-3H3. The van der Waals surface area contributed by atoms with Gasteiger partial charge in [-0.3, -0.25) is 0 Å². The fourth-order valence-corrected chi connectivity index (χ4v) is 3.36. The number of nitrogens with two attached hydrogens (primary N) is 1. The Morgan fingerprint density at radius 1 is 1.21 bits per heavy atom. The molecule has 0 saturated carbocycles. The van der Waals surface area contributed by atoms with Crippen molar-refractivity contribution in [1.29, 1.82) is 0 Å².